The molecule has 0 radical (unpaired) electrons. The number of ether oxygens (including phenoxy) is 1. The molecule has 3 saturated heterocycles. The van der Waals surface area contributed by atoms with Gasteiger partial charge in [-0.05, 0) is 82.0 Å². The maximum Gasteiger partial charge on any atom is 0.260 e. The minimum Gasteiger partial charge on any atom is -0.491 e. The first-order valence-electron chi connectivity index (χ1n) is 13.7. The lowest BCUT2D eigenvalue weighted by molar-refractivity contribution is -0.150. The van der Waals surface area contributed by atoms with Crippen LogP contribution in [0.1, 0.15) is 69.3 Å². The van der Waals surface area contributed by atoms with E-state index in [-0.39, 0.29) is 17.2 Å². The highest BCUT2D eigenvalue weighted by atomic mass is 19.1. The average Bonchev–Trinajstić information content (AvgIpc) is 3.25. The van der Waals surface area contributed by atoms with Crippen LogP contribution in [-0.2, 0) is 9.59 Å². The highest BCUT2D eigenvalue weighted by molar-refractivity contribution is 5.88. The molecule has 2 amide bonds. The number of piperidine rings is 1. The summed E-state index contributed by atoms with van der Waals surface area (Å²) in [5, 5.41) is 0. The van der Waals surface area contributed by atoms with Crippen molar-refractivity contribution in [3.05, 3.63) is 29.8 Å². The number of carbonyl (C=O) groups excluding carboxylic acids is 2. The lowest BCUT2D eigenvalue weighted by atomic mass is 9.77. The Morgan fingerprint density at radius 3 is 2.54 bits per heavy atom. The number of para-hydroxylation sites is 1. The van der Waals surface area contributed by atoms with Crippen LogP contribution < -0.4 is 4.74 Å². The smallest absolute Gasteiger partial charge is 0.260 e. The third kappa shape index (κ3) is 4.56. The summed E-state index contributed by atoms with van der Waals surface area (Å²) in [6.45, 7) is 5.79. The van der Waals surface area contributed by atoms with Crippen molar-refractivity contribution in [1.29, 1.82) is 0 Å². The molecular formula is C28H38FN3O3. The van der Waals surface area contributed by atoms with E-state index in [1.54, 1.807) is 4.90 Å². The van der Waals surface area contributed by atoms with Gasteiger partial charge in [0.2, 0.25) is 5.91 Å². The Morgan fingerprint density at radius 1 is 1.06 bits per heavy atom. The fourth-order valence-electron chi connectivity index (χ4n) is 7.02. The fraction of sp³-hybridized carbons (Fsp3) is 0.714. The summed E-state index contributed by atoms with van der Waals surface area (Å²) in [6, 6.07) is 9.01. The van der Waals surface area contributed by atoms with Crippen molar-refractivity contribution in [2.75, 3.05) is 45.9 Å². The summed E-state index contributed by atoms with van der Waals surface area (Å²) in [4.78, 5) is 30.5. The van der Waals surface area contributed by atoms with Crippen molar-refractivity contribution >= 4 is 11.8 Å². The molecule has 3 heterocycles. The molecule has 7 heteroatoms. The van der Waals surface area contributed by atoms with Crippen LogP contribution in [0.25, 0.3) is 0 Å². The molecule has 1 aromatic carbocycles. The summed E-state index contributed by atoms with van der Waals surface area (Å²) >= 11 is 0. The Morgan fingerprint density at radius 2 is 1.83 bits per heavy atom. The summed E-state index contributed by atoms with van der Waals surface area (Å²) in [6.07, 6.45) is 8.23. The molecule has 1 aromatic rings. The predicted molar refractivity (Wildman–Crippen MR) is 131 cm³/mol. The minimum atomic E-state index is -1.52. The molecule has 6 nitrogen and oxygen atoms in total. The Bertz CT molecular complexity index is 966. The number of benzene rings is 1. The molecule has 3 aliphatic heterocycles. The van der Waals surface area contributed by atoms with Gasteiger partial charge in [-0.2, -0.15) is 0 Å². The Kier molecular flexibility index (Phi) is 6.02. The number of likely N-dealkylation sites (tertiary alicyclic amines) is 3. The van der Waals surface area contributed by atoms with Crippen LogP contribution in [0.15, 0.2) is 24.3 Å². The molecule has 2 saturated carbocycles. The van der Waals surface area contributed by atoms with Crippen LogP contribution in [-0.4, -0.2) is 84.1 Å². The van der Waals surface area contributed by atoms with Gasteiger partial charge in [-0.15, -0.1) is 0 Å². The second-order valence-electron chi connectivity index (χ2n) is 11.7. The van der Waals surface area contributed by atoms with E-state index in [0.717, 1.165) is 70.6 Å². The van der Waals surface area contributed by atoms with E-state index in [1.807, 2.05) is 11.0 Å². The maximum atomic E-state index is 14.1. The highest BCUT2D eigenvalue weighted by Gasteiger charge is 2.58. The highest BCUT2D eigenvalue weighted by Crippen LogP contribution is 2.51. The molecule has 190 valence electrons. The normalized spacial score (nSPS) is 27.9. The van der Waals surface area contributed by atoms with Crippen LogP contribution in [0.4, 0.5) is 4.39 Å². The van der Waals surface area contributed by atoms with Crippen LogP contribution in [0.5, 0.6) is 5.75 Å². The van der Waals surface area contributed by atoms with Crippen LogP contribution >= 0.6 is 0 Å². The molecule has 5 fully saturated rings. The van der Waals surface area contributed by atoms with Gasteiger partial charge in [0.1, 0.15) is 12.4 Å². The second-order valence-corrected chi connectivity index (χ2v) is 11.7. The number of hydrogen-bond donors (Lipinski definition) is 0. The van der Waals surface area contributed by atoms with Crippen LogP contribution in [0.3, 0.4) is 0 Å². The van der Waals surface area contributed by atoms with Crippen molar-refractivity contribution < 1.29 is 18.7 Å². The van der Waals surface area contributed by atoms with E-state index >= 15 is 0 Å². The summed E-state index contributed by atoms with van der Waals surface area (Å²) in [7, 11) is 0. The van der Waals surface area contributed by atoms with E-state index in [0.29, 0.717) is 44.4 Å². The van der Waals surface area contributed by atoms with Crippen molar-refractivity contribution in [3.8, 4) is 5.75 Å². The zero-order chi connectivity index (χ0) is 24.0. The number of rotatable bonds is 7. The van der Waals surface area contributed by atoms with E-state index in [4.69, 9.17) is 4.74 Å². The molecule has 0 aromatic heterocycles. The van der Waals surface area contributed by atoms with E-state index in [1.165, 1.54) is 12.0 Å². The molecule has 0 bridgehead atoms. The zero-order valence-corrected chi connectivity index (χ0v) is 20.7. The Balaban J connectivity index is 0.984. The summed E-state index contributed by atoms with van der Waals surface area (Å²) in [5.41, 5.74) is 0.0170. The van der Waals surface area contributed by atoms with Gasteiger partial charge in [-0.3, -0.25) is 9.59 Å². The first-order valence-corrected chi connectivity index (χ1v) is 13.7. The molecular weight excluding hydrogens is 445 g/mol. The number of alkyl halides is 1. The monoisotopic (exact) mass is 483 g/mol. The molecule has 1 atom stereocenters. The van der Waals surface area contributed by atoms with E-state index in [2.05, 4.69) is 23.1 Å². The van der Waals surface area contributed by atoms with Gasteiger partial charge >= 0.3 is 0 Å². The van der Waals surface area contributed by atoms with Crippen LogP contribution in [0.2, 0.25) is 0 Å². The van der Waals surface area contributed by atoms with E-state index in [9.17, 15) is 14.0 Å². The van der Waals surface area contributed by atoms with Crippen molar-refractivity contribution in [1.82, 2.24) is 14.7 Å². The number of carbonyl (C=O) groups is 2. The Hall–Kier alpha value is -2.15. The average molecular weight is 484 g/mol. The van der Waals surface area contributed by atoms with Crippen LogP contribution in [0, 0.1) is 5.41 Å². The molecule has 1 spiro atoms. The number of hydrogen-bond acceptors (Lipinski definition) is 4. The standard InChI is InChI=1S/C28H38FN3O3/c29-28(11-12-28)26(34)32-19-27(20-32)10-7-22(18-27)30-14-8-21(9-15-30)23-4-1-2-5-24(23)35-17-16-31-13-3-6-25(31)33/h1-2,4-5,21-22H,3,6-20H2/t22-/m1/s1. The first kappa shape index (κ1) is 23.3. The van der Waals surface area contributed by atoms with Crippen molar-refractivity contribution in [2.45, 2.75) is 75.4 Å². The number of amides is 2. The molecule has 35 heavy (non-hydrogen) atoms. The number of halogens is 1. The first-order chi connectivity index (χ1) is 16.9. The maximum absolute atomic E-state index is 14.1. The SMILES string of the molecule is O=C1CCCN1CCOc1ccccc1C1CCN([C@@H]2CCC3(C2)CN(C(=O)C2(F)CC2)C3)CC1. The molecule has 0 unspecified atom stereocenters. The predicted octanol–water partition coefficient (Wildman–Crippen LogP) is 3.75. The van der Waals surface area contributed by atoms with E-state index < -0.39 is 5.67 Å². The van der Waals surface area contributed by atoms with Gasteiger partial charge in [0.05, 0.1) is 6.54 Å². The fourth-order valence-corrected chi connectivity index (χ4v) is 7.02. The van der Waals surface area contributed by atoms with Gasteiger partial charge in [0.25, 0.3) is 5.91 Å². The third-order valence-electron chi connectivity index (χ3n) is 9.28. The lowest BCUT2D eigenvalue weighted by Gasteiger charge is -2.49. The molecule has 6 rings (SSSR count). The summed E-state index contributed by atoms with van der Waals surface area (Å²) < 4.78 is 20.3. The second kappa shape index (κ2) is 9.06. The third-order valence-corrected chi connectivity index (χ3v) is 9.28. The van der Waals surface area contributed by atoms with Gasteiger partial charge in [-0.1, -0.05) is 18.2 Å². The minimum absolute atomic E-state index is 0.236. The number of nitrogens with zero attached hydrogens (tertiary/aromatic N) is 3. The molecule has 2 aliphatic carbocycles. The lowest BCUT2D eigenvalue weighted by Crippen LogP contribution is -2.60. The zero-order valence-electron chi connectivity index (χ0n) is 20.7. The van der Waals surface area contributed by atoms with Gasteiger partial charge in [-0.25, -0.2) is 4.39 Å². The van der Waals surface area contributed by atoms with Gasteiger partial charge < -0.3 is 19.4 Å². The van der Waals surface area contributed by atoms with Gasteiger partial charge in [0, 0.05) is 37.5 Å². The molecule has 5 aliphatic rings. The summed E-state index contributed by atoms with van der Waals surface area (Å²) in [5.74, 6) is 1.47. The molecule has 0 N–H and O–H groups in total. The van der Waals surface area contributed by atoms with Crippen molar-refractivity contribution in [3.63, 3.8) is 0 Å². The largest absolute Gasteiger partial charge is 0.491 e. The topological polar surface area (TPSA) is 53.1 Å². The quantitative estimate of drug-likeness (QED) is 0.593. The van der Waals surface area contributed by atoms with Gasteiger partial charge in [0.15, 0.2) is 5.67 Å². The van der Waals surface area contributed by atoms with Crippen molar-refractivity contribution in [2.24, 2.45) is 5.41 Å². The Labute approximate surface area is 207 Å².